The van der Waals surface area contributed by atoms with Gasteiger partial charge in [0.15, 0.2) is 5.11 Å². The number of nitrogens with one attached hydrogen (secondary N) is 1. The molecule has 0 radical (unpaired) electrons. The number of methoxy groups -OCH3 is 1. The minimum Gasteiger partial charge on any atom is -0.385 e. The van der Waals surface area contributed by atoms with Crippen molar-refractivity contribution >= 4 is 22.9 Å². The molecule has 1 atom stereocenters. The molecule has 1 aromatic heterocycles. The van der Waals surface area contributed by atoms with Crippen molar-refractivity contribution in [1.29, 1.82) is 0 Å². The standard InChI is InChI=1S/C24H25FN4O2S/c1-15-7-4-9-18(13-15)22-27-23(31-28-22)20-16(2)29(11-6-12-30-3)24(32)26-21(20)17-8-5-10-19(25)14-17/h4-5,7-10,13-14,21H,6,11-12H2,1-3H3,(H,26,32). The molecule has 1 N–H and O–H groups in total. The topological polar surface area (TPSA) is 63.4 Å². The van der Waals surface area contributed by atoms with Crippen LogP contribution in [0, 0.1) is 12.7 Å². The average molecular weight is 453 g/mol. The number of aryl methyl sites for hydroxylation is 1. The molecule has 0 bridgehead atoms. The summed E-state index contributed by atoms with van der Waals surface area (Å²) in [7, 11) is 1.67. The summed E-state index contributed by atoms with van der Waals surface area (Å²) in [5.41, 5.74) is 4.37. The SMILES string of the molecule is COCCCN1C(=S)NC(c2cccc(F)c2)C(c2nc(-c3cccc(C)c3)no2)=C1C. The van der Waals surface area contributed by atoms with Crippen molar-refractivity contribution in [2.45, 2.75) is 26.3 Å². The normalized spacial score (nSPS) is 16.4. The number of thiocarbonyl (C=S) groups is 1. The van der Waals surface area contributed by atoms with E-state index in [1.54, 1.807) is 13.2 Å². The van der Waals surface area contributed by atoms with Gasteiger partial charge in [-0.25, -0.2) is 4.39 Å². The van der Waals surface area contributed by atoms with Gasteiger partial charge in [0.2, 0.25) is 5.82 Å². The lowest BCUT2D eigenvalue weighted by atomic mass is 9.94. The average Bonchev–Trinajstić information content (AvgIpc) is 3.25. The summed E-state index contributed by atoms with van der Waals surface area (Å²) in [4.78, 5) is 6.68. The summed E-state index contributed by atoms with van der Waals surface area (Å²) >= 11 is 5.64. The van der Waals surface area contributed by atoms with Gasteiger partial charge in [-0.15, -0.1) is 0 Å². The van der Waals surface area contributed by atoms with Crippen LogP contribution < -0.4 is 5.32 Å². The molecule has 2 aromatic carbocycles. The van der Waals surface area contributed by atoms with Gasteiger partial charge in [-0.1, -0.05) is 41.1 Å². The molecule has 0 spiro atoms. The monoisotopic (exact) mass is 452 g/mol. The Labute approximate surface area is 192 Å². The Kier molecular flexibility index (Phi) is 6.62. The molecule has 0 saturated heterocycles. The lowest BCUT2D eigenvalue weighted by Crippen LogP contribution is -2.46. The van der Waals surface area contributed by atoms with Gasteiger partial charge >= 0.3 is 0 Å². The quantitative estimate of drug-likeness (QED) is 0.405. The van der Waals surface area contributed by atoms with Gasteiger partial charge in [-0.3, -0.25) is 0 Å². The molecular formula is C24H25FN4O2S. The molecule has 8 heteroatoms. The summed E-state index contributed by atoms with van der Waals surface area (Å²) in [6, 6.07) is 14.0. The van der Waals surface area contributed by atoms with Crippen LogP contribution in [0.25, 0.3) is 17.0 Å². The zero-order chi connectivity index (χ0) is 22.7. The maximum atomic E-state index is 14.0. The van der Waals surface area contributed by atoms with Gasteiger partial charge in [0.05, 0.1) is 11.6 Å². The number of halogens is 1. The van der Waals surface area contributed by atoms with Crippen molar-refractivity contribution in [2.24, 2.45) is 0 Å². The molecule has 3 aromatic rings. The van der Waals surface area contributed by atoms with Gasteiger partial charge in [0.25, 0.3) is 5.89 Å². The smallest absolute Gasteiger partial charge is 0.258 e. The number of hydrogen-bond donors (Lipinski definition) is 1. The molecule has 0 fully saturated rings. The largest absolute Gasteiger partial charge is 0.385 e. The second kappa shape index (κ2) is 9.58. The van der Waals surface area contributed by atoms with Crippen molar-refractivity contribution < 1.29 is 13.7 Å². The molecule has 2 heterocycles. The summed E-state index contributed by atoms with van der Waals surface area (Å²) in [5.74, 6) is 0.557. The number of ether oxygens (including phenoxy) is 1. The van der Waals surface area contributed by atoms with Crippen LogP contribution in [-0.4, -0.2) is 40.4 Å². The molecule has 166 valence electrons. The maximum Gasteiger partial charge on any atom is 0.258 e. The number of hydrogen-bond acceptors (Lipinski definition) is 5. The number of rotatable bonds is 7. The predicted molar refractivity (Wildman–Crippen MR) is 125 cm³/mol. The fraction of sp³-hybridized carbons (Fsp3) is 0.292. The second-order valence-corrected chi connectivity index (χ2v) is 8.11. The van der Waals surface area contributed by atoms with E-state index >= 15 is 0 Å². The Hall–Kier alpha value is -3.10. The molecule has 1 aliphatic rings. The Balaban J connectivity index is 1.78. The first kappa shape index (κ1) is 22.1. The van der Waals surface area contributed by atoms with Gasteiger partial charge in [0, 0.05) is 31.5 Å². The summed E-state index contributed by atoms with van der Waals surface area (Å²) in [5, 5.41) is 8.11. The third-order valence-corrected chi connectivity index (χ3v) is 5.78. The first-order chi connectivity index (χ1) is 15.5. The maximum absolute atomic E-state index is 14.0. The third-order valence-electron chi connectivity index (χ3n) is 5.44. The molecule has 1 unspecified atom stereocenters. The Morgan fingerprint density at radius 1 is 1.19 bits per heavy atom. The highest BCUT2D eigenvalue weighted by Gasteiger charge is 2.34. The van der Waals surface area contributed by atoms with Crippen LogP contribution in [0.4, 0.5) is 4.39 Å². The Bertz CT molecular complexity index is 1160. The first-order valence-electron chi connectivity index (χ1n) is 10.4. The van der Waals surface area contributed by atoms with E-state index in [1.807, 2.05) is 49.1 Å². The van der Waals surface area contributed by atoms with E-state index in [9.17, 15) is 4.39 Å². The van der Waals surface area contributed by atoms with Crippen LogP contribution in [0.2, 0.25) is 0 Å². The molecule has 0 amide bonds. The van der Waals surface area contributed by atoms with Crippen LogP contribution in [0.5, 0.6) is 0 Å². The van der Waals surface area contributed by atoms with Crippen molar-refractivity contribution in [2.75, 3.05) is 20.3 Å². The second-order valence-electron chi connectivity index (χ2n) is 7.73. The molecule has 0 saturated carbocycles. The van der Waals surface area contributed by atoms with Crippen LogP contribution in [0.3, 0.4) is 0 Å². The van der Waals surface area contributed by atoms with Gasteiger partial charge in [-0.05, 0) is 56.2 Å². The molecule has 1 aliphatic heterocycles. The van der Waals surface area contributed by atoms with E-state index in [0.29, 0.717) is 30.0 Å². The fourth-order valence-electron chi connectivity index (χ4n) is 3.87. The van der Waals surface area contributed by atoms with Crippen molar-refractivity contribution in [3.05, 3.63) is 77.1 Å². The van der Waals surface area contributed by atoms with E-state index in [1.165, 1.54) is 12.1 Å². The van der Waals surface area contributed by atoms with Crippen LogP contribution in [-0.2, 0) is 4.74 Å². The minimum atomic E-state index is -0.414. The van der Waals surface area contributed by atoms with Crippen molar-refractivity contribution in [1.82, 2.24) is 20.4 Å². The zero-order valence-electron chi connectivity index (χ0n) is 18.3. The van der Waals surface area contributed by atoms with E-state index in [2.05, 4.69) is 15.5 Å². The van der Waals surface area contributed by atoms with Crippen molar-refractivity contribution in [3.8, 4) is 11.4 Å². The molecule has 4 rings (SSSR count). The highest BCUT2D eigenvalue weighted by molar-refractivity contribution is 7.80. The Morgan fingerprint density at radius 2 is 2.00 bits per heavy atom. The molecule has 0 aliphatic carbocycles. The first-order valence-corrected chi connectivity index (χ1v) is 10.8. The molecule has 32 heavy (non-hydrogen) atoms. The number of benzene rings is 2. The zero-order valence-corrected chi connectivity index (χ0v) is 19.1. The van der Waals surface area contributed by atoms with Crippen LogP contribution in [0.15, 0.2) is 58.8 Å². The third kappa shape index (κ3) is 4.56. The van der Waals surface area contributed by atoms with E-state index in [-0.39, 0.29) is 5.82 Å². The highest BCUT2D eigenvalue weighted by atomic mass is 32.1. The van der Waals surface area contributed by atoms with E-state index in [4.69, 9.17) is 21.5 Å². The number of nitrogens with zero attached hydrogens (tertiary/aromatic N) is 3. The van der Waals surface area contributed by atoms with E-state index < -0.39 is 6.04 Å². The lowest BCUT2D eigenvalue weighted by molar-refractivity contribution is 0.188. The summed E-state index contributed by atoms with van der Waals surface area (Å²) in [6.45, 7) is 5.27. The molecule has 6 nitrogen and oxygen atoms in total. The summed E-state index contributed by atoms with van der Waals surface area (Å²) in [6.07, 6.45) is 0.798. The minimum absolute atomic E-state index is 0.319. The Morgan fingerprint density at radius 3 is 2.75 bits per heavy atom. The molecular weight excluding hydrogens is 427 g/mol. The van der Waals surface area contributed by atoms with Crippen LogP contribution >= 0.6 is 12.2 Å². The van der Waals surface area contributed by atoms with Gasteiger partial charge < -0.3 is 19.5 Å². The van der Waals surface area contributed by atoms with Crippen molar-refractivity contribution in [3.63, 3.8) is 0 Å². The van der Waals surface area contributed by atoms with Gasteiger partial charge in [-0.2, -0.15) is 4.98 Å². The number of allylic oxidation sites excluding steroid dienone is 1. The fourth-order valence-corrected chi connectivity index (χ4v) is 4.21. The van der Waals surface area contributed by atoms with Crippen LogP contribution in [0.1, 0.15) is 36.4 Å². The number of aromatic nitrogens is 2. The van der Waals surface area contributed by atoms with E-state index in [0.717, 1.165) is 34.4 Å². The summed E-state index contributed by atoms with van der Waals surface area (Å²) < 4.78 is 24.9. The van der Waals surface area contributed by atoms with Gasteiger partial charge in [0.1, 0.15) is 5.82 Å². The lowest BCUT2D eigenvalue weighted by Gasteiger charge is -2.37. The predicted octanol–water partition coefficient (Wildman–Crippen LogP) is 4.88. The highest BCUT2D eigenvalue weighted by Crippen LogP contribution is 2.37.